The van der Waals surface area contributed by atoms with Gasteiger partial charge in [-0.2, -0.15) is 8.61 Å². The first kappa shape index (κ1) is 24.8. The van der Waals surface area contributed by atoms with Gasteiger partial charge in [-0.05, 0) is 62.4 Å². The summed E-state index contributed by atoms with van der Waals surface area (Å²) >= 11 is 0. The van der Waals surface area contributed by atoms with Crippen molar-refractivity contribution in [1.82, 2.24) is 13.9 Å². The Labute approximate surface area is 202 Å². The smallest absolute Gasteiger partial charge is 0.243 e. The fourth-order valence-electron chi connectivity index (χ4n) is 4.42. The Balaban J connectivity index is 1.35. The first-order chi connectivity index (χ1) is 16.2. The lowest BCUT2D eigenvalue weighted by Crippen LogP contribution is -2.45. The number of amides is 1. The van der Waals surface area contributed by atoms with E-state index < -0.39 is 26.0 Å². The van der Waals surface area contributed by atoms with Gasteiger partial charge in [-0.25, -0.2) is 16.8 Å². The second-order valence-electron chi connectivity index (χ2n) is 8.99. The zero-order chi connectivity index (χ0) is 24.3. The number of nitrogens with zero attached hydrogens (tertiary/aromatic N) is 2. The highest BCUT2D eigenvalue weighted by atomic mass is 32.2. The number of piperidine rings is 1. The molecule has 0 bridgehead atoms. The van der Waals surface area contributed by atoms with Crippen LogP contribution >= 0.6 is 0 Å². The fraction of sp³-hybridized carbons (Fsp3) is 0.458. The first-order valence-electron chi connectivity index (χ1n) is 11.6. The maximum atomic E-state index is 13.0. The second kappa shape index (κ2) is 10.2. The van der Waals surface area contributed by atoms with Gasteiger partial charge in [-0.15, -0.1) is 0 Å². The lowest BCUT2D eigenvalue weighted by Gasteiger charge is -2.31. The van der Waals surface area contributed by atoms with Crippen LogP contribution in [0.15, 0.2) is 58.3 Å². The number of carbonyl (C=O) groups is 1. The molecule has 2 aromatic carbocycles. The third-order valence-corrected chi connectivity index (χ3v) is 10.3. The monoisotopic (exact) mass is 505 g/mol. The van der Waals surface area contributed by atoms with Crippen molar-refractivity contribution in [2.45, 2.75) is 48.9 Å². The molecule has 2 aliphatic rings. The van der Waals surface area contributed by atoms with Crippen LogP contribution < -0.4 is 5.32 Å². The van der Waals surface area contributed by atoms with Crippen molar-refractivity contribution >= 4 is 26.0 Å². The van der Waals surface area contributed by atoms with Crippen LogP contribution in [0.1, 0.15) is 36.8 Å². The summed E-state index contributed by atoms with van der Waals surface area (Å²) in [6.07, 6.45) is 3.01. The minimum Gasteiger partial charge on any atom is -0.352 e. The topological polar surface area (TPSA) is 104 Å². The Kier molecular flexibility index (Phi) is 7.42. The van der Waals surface area contributed by atoms with Crippen molar-refractivity contribution in [3.63, 3.8) is 0 Å². The molecule has 0 saturated carbocycles. The Hall–Kier alpha value is -2.27. The summed E-state index contributed by atoms with van der Waals surface area (Å²) in [7, 11) is -7.11. The van der Waals surface area contributed by atoms with Gasteiger partial charge in [0.25, 0.3) is 0 Å². The molecule has 184 valence electrons. The molecule has 8 nitrogen and oxygen atoms in total. The molecule has 0 spiro atoms. The lowest BCUT2D eigenvalue weighted by atomic mass is 9.99. The number of hydrogen-bond donors (Lipinski definition) is 1. The summed E-state index contributed by atoms with van der Waals surface area (Å²) in [4.78, 5) is 13.3. The predicted molar refractivity (Wildman–Crippen MR) is 129 cm³/mol. The van der Waals surface area contributed by atoms with E-state index in [1.165, 1.54) is 8.61 Å². The number of benzene rings is 2. The van der Waals surface area contributed by atoms with Gasteiger partial charge in [-0.3, -0.25) is 4.79 Å². The van der Waals surface area contributed by atoms with Crippen LogP contribution in [-0.4, -0.2) is 57.5 Å². The van der Waals surface area contributed by atoms with Crippen molar-refractivity contribution in [1.29, 1.82) is 0 Å². The number of aryl methyl sites for hydroxylation is 1. The summed E-state index contributed by atoms with van der Waals surface area (Å²) < 4.78 is 54.2. The van der Waals surface area contributed by atoms with E-state index in [1.54, 1.807) is 48.5 Å². The van der Waals surface area contributed by atoms with Gasteiger partial charge < -0.3 is 5.32 Å². The molecule has 0 unspecified atom stereocenters. The van der Waals surface area contributed by atoms with Crippen LogP contribution in [0, 0.1) is 12.8 Å². The first-order valence-corrected chi connectivity index (χ1v) is 14.5. The zero-order valence-electron chi connectivity index (χ0n) is 19.3. The molecule has 4 rings (SSSR count). The Morgan fingerprint density at radius 3 is 1.97 bits per heavy atom. The summed E-state index contributed by atoms with van der Waals surface area (Å²) in [5.74, 6) is -0.624. The molecule has 34 heavy (non-hydrogen) atoms. The Bertz CT molecular complexity index is 1220. The van der Waals surface area contributed by atoms with Crippen LogP contribution in [0.3, 0.4) is 0 Å². The largest absolute Gasteiger partial charge is 0.352 e. The molecule has 2 aliphatic heterocycles. The molecule has 2 fully saturated rings. The average molecular weight is 506 g/mol. The second-order valence-corrected chi connectivity index (χ2v) is 12.9. The van der Waals surface area contributed by atoms with Crippen LogP contribution in [0.5, 0.6) is 0 Å². The van der Waals surface area contributed by atoms with Gasteiger partial charge in [0.1, 0.15) is 0 Å². The highest BCUT2D eigenvalue weighted by Crippen LogP contribution is 2.25. The van der Waals surface area contributed by atoms with E-state index in [1.807, 2.05) is 6.92 Å². The minimum absolute atomic E-state index is 0.148. The van der Waals surface area contributed by atoms with Gasteiger partial charge in [0.05, 0.1) is 15.7 Å². The summed E-state index contributed by atoms with van der Waals surface area (Å²) in [6.45, 7) is 3.81. The maximum Gasteiger partial charge on any atom is 0.243 e. The molecular formula is C24H31N3O5S2. The van der Waals surface area contributed by atoms with Crippen molar-refractivity contribution in [3.05, 3.63) is 59.7 Å². The predicted octanol–water partition coefficient (Wildman–Crippen LogP) is 2.50. The molecule has 0 radical (unpaired) electrons. The van der Waals surface area contributed by atoms with Gasteiger partial charge in [-0.1, -0.05) is 29.8 Å². The van der Waals surface area contributed by atoms with Gasteiger partial charge >= 0.3 is 0 Å². The number of carbonyl (C=O) groups excluding carboxylic acids is 1. The average Bonchev–Trinajstić information content (AvgIpc) is 3.39. The van der Waals surface area contributed by atoms with E-state index in [0.717, 1.165) is 24.0 Å². The number of rotatable bonds is 7. The van der Waals surface area contributed by atoms with E-state index in [9.17, 15) is 21.6 Å². The van der Waals surface area contributed by atoms with Crippen LogP contribution in [-0.2, 0) is 31.4 Å². The van der Waals surface area contributed by atoms with Crippen molar-refractivity contribution in [2.75, 3.05) is 26.2 Å². The van der Waals surface area contributed by atoms with Gasteiger partial charge in [0.2, 0.25) is 26.0 Å². The minimum atomic E-state index is -3.65. The van der Waals surface area contributed by atoms with Crippen LogP contribution in [0.25, 0.3) is 0 Å². The number of nitrogens with one attached hydrogen (secondary N) is 1. The van der Waals surface area contributed by atoms with Crippen LogP contribution in [0.4, 0.5) is 0 Å². The molecule has 1 amide bonds. The molecule has 0 aromatic heterocycles. The molecule has 0 aliphatic carbocycles. The molecule has 1 atom stereocenters. The van der Waals surface area contributed by atoms with E-state index in [2.05, 4.69) is 5.32 Å². The van der Waals surface area contributed by atoms with E-state index in [-0.39, 0.29) is 28.8 Å². The molecule has 1 N–H and O–H groups in total. The van der Waals surface area contributed by atoms with Gasteiger partial charge in [0, 0.05) is 32.7 Å². The normalized spacial score (nSPS) is 20.3. The van der Waals surface area contributed by atoms with E-state index in [4.69, 9.17) is 0 Å². The molecule has 10 heteroatoms. The Morgan fingerprint density at radius 1 is 0.824 bits per heavy atom. The highest BCUT2D eigenvalue weighted by Gasteiger charge is 2.33. The maximum absolute atomic E-state index is 13.0. The van der Waals surface area contributed by atoms with Crippen molar-refractivity contribution < 1.29 is 21.6 Å². The van der Waals surface area contributed by atoms with Crippen molar-refractivity contribution in [2.24, 2.45) is 5.92 Å². The van der Waals surface area contributed by atoms with Crippen molar-refractivity contribution in [3.8, 4) is 0 Å². The summed E-state index contributed by atoms with van der Waals surface area (Å²) in [5, 5.41) is 2.88. The summed E-state index contributed by atoms with van der Waals surface area (Å²) in [6, 6.07) is 13.3. The summed E-state index contributed by atoms with van der Waals surface area (Å²) in [5.41, 5.74) is 1.77. The lowest BCUT2D eigenvalue weighted by molar-refractivity contribution is -0.126. The number of hydrogen-bond acceptors (Lipinski definition) is 5. The van der Waals surface area contributed by atoms with Crippen LogP contribution in [0.2, 0.25) is 0 Å². The standard InChI is InChI=1S/C24H31N3O5S2/c1-19-6-10-22(11-7-19)34(31,32)27-16-4-5-21(18-27)24(28)25-17-20-8-12-23(13-9-20)33(29,30)26-14-2-3-15-26/h6-13,21H,2-5,14-18H2,1H3,(H,25,28)/t21-/m0/s1. The SMILES string of the molecule is Cc1ccc(S(=O)(=O)N2CCC[C@H](C(=O)NCc3ccc(S(=O)(=O)N4CCCC4)cc3)C2)cc1. The molecule has 2 saturated heterocycles. The third kappa shape index (κ3) is 5.35. The Morgan fingerprint density at radius 2 is 1.35 bits per heavy atom. The third-order valence-electron chi connectivity index (χ3n) is 6.51. The fourth-order valence-corrected chi connectivity index (χ4v) is 7.47. The van der Waals surface area contributed by atoms with E-state index in [0.29, 0.717) is 32.5 Å². The molecule has 2 aromatic rings. The quantitative estimate of drug-likeness (QED) is 0.623. The zero-order valence-corrected chi connectivity index (χ0v) is 20.9. The van der Waals surface area contributed by atoms with Gasteiger partial charge in [0.15, 0.2) is 0 Å². The highest BCUT2D eigenvalue weighted by molar-refractivity contribution is 7.89. The van der Waals surface area contributed by atoms with E-state index >= 15 is 0 Å². The number of sulfonamides is 2. The molecule has 2 heterocycles. The molecular weight excluding hydrogens is 474 g/mol.